The van der Waals surface area contributed by atoms with Crippen molar-refractivity contribution in [3.8, 4) is 11.1 Å². The minimum absolute atomic E-state index is 0.00379. The van der Waals surface area contributed by atoms with Gasteiger partial charge in [0.1, 0.15) is 24.1 Å². The zero-order chi connectivity index (χ0) is 31.2. The molecule has 1 aliphatic heterocycles. The Morgan fingerprint density at radius 3 is 2.48 bits per heavy atom. The largest absolute Gasteiger partial charge is 0.383 e. The number of hydrogen-bond donors (Lipinski definition) is 1. The maximum Gasteiger partial charge on any atom is 0.245 e. The van der Waals surface area contributed by atoms with Gasteiger partial charge in [-0.15, -0.1) is 0 Å². The number of aromatic nitrogens is 4. The molecule has 1 N–H and O–H groups in total. The third-order valence-electron chi connectivity index (χ3n) is 9.03. The number of piperidine rings is 1. The average Bonchev–Trinajstić information content (AvgIpc) is 3.34. The Morgan fingerprint density at radius 1 is 1.07 bits per heavy atom. The van der Waals surface area contributed by atoms with Crippen LogP contribution in [0.15, 0.2) is 54.9 Å². The lowest BCUT2D eigenvalue weighted by molar-refractivity contribution is -0.140. The smallest absolute Gasteiger partial charge is 0.245 e. The van der Waals surface area contributed by atoms with Crippen LogP contribution in [-0.4, -0.2) is 74.1 Å². The van der Waals surface area contributed by atoms with E-state index in [1.807, 2.05) is 56.3 Å². The first-order chi connectivity index (χ1) is 21.1. The number of aryl methyl sites for hydroxylation is 2. The molecule has 10 heteroatoms. The molecule has 228 valence electrons. The van der Waals surface area contributed by atoms with E-state index in [-0.39, 0.29) is 41.6 Å². The summed E-state index contributed by atoms with van der Waals surface area (Å²) < 4.78 is 7.04. The first-order valence-corrected chi connectivity index (χ1v) is 15.0. The van der Waals surface area contributed by atoms with Crippen molar-refractivity contribution in [2.45, 2.75) is 71.6 Å². The fraction of sp³-hybridized carbons (Fsp3) is 0.412. The maximum atomic E-state index is 14.0. The van der Waals surface area contributed by atoms with Gasteiger partial charge in [0.15, 0.2) is 5.78 Å². The number of Topliss-reactive ketones (excluding diaryl/α,β-unsaturated/α-hetero) is 1. The normalized spacial score (nSPS) is 21.2. The van der Waals surface area contributed by atoms with Gasteiger partial charge < -0.3 is 15.0 Å². The second-order valence-electron chi connectivity index (χ2n) is 12.5. The van der Waals surface area contributed by atoms with Gasteiger partial charge >= 0.3 is 0 Å². The molecule has 4 aromatic rings. The van der Waals surface area contributed by atoms with Gasteiger partial charge in [0.2, 0.25) is 11.8 Å². The topological polar surface area (TPSA) is 119 Å². The number of nitrogens with one attached hydrogen (secondary N) is 1. The van der Waals surface area contributed by atoms with Gasteiger partial charge in [-0.1, -0.05) is 37.3 Å². The van der Waals surface area contributed by atoms with Crippen molar-refractivity contribution in [1.29, 1.82) is 0 Å². The number of hydrogen-bond acceptors (Lipinski definition) is 7. The molecule has 2 unspecified atom stereocenters. The summed E-state index contributed by atoms with van der Waals surface area (Å²) in [6, 6.07) is 13.1. The van der Waals surface area contributed by atoms with E-state index >= 15 is 0 Å². The number of fused-ring (bicyclic) bond motifs is 2. The van der Waals surface area contributed by atoms with Crippen LogP contribution in [-0.2, 0) is 27.3 Å². The number of likely N-dealkylation sites (tertiary alicyclic amines) is 1. The van der Waals surface area contributed by atoms with Crippen LogP contribution >= 0.6 is 0 Å². The van der Waals surface area contributed by atoms with E-state index in [0.29, 0.717) is 36.4 Å². The Hall–Kier alpha value is -4.44. The van der Waals surface area contributed by atoms with E-state index in [9.17, 15) is 14.4 Å². The number of carbonyl (C=O) groups is 3. The molecule has 2 aromatic heterocycles. The van der Waals surface area contributed by atoms with E-state index in [1.54, 1.807) is 29.1 Å². The van der Waals surface area contributed by atoms with Crippen LogP contribution < -0.4 is 5.32 Å². The summed E-state index contributed by atoms with van der Waals surface area (Å²) in [6.07, 6.45) is 5.62. The van der Waals surface area contributed by atoms with Gasteiger partial charge in [-0.2, -0.15) is 5.10 Å². The molecule has 1 saturated heterocycles. The van der Waals surface area contributed by atoms with Gasteiger partial charge in [0.05, 0.1) is 18.2 Å². The molecule has 0 bridgehead atoms. The van der Waals surface area contributed by atoms with Gasteiger partial charge in [-0.25, -0.2) is 9.97 Å². The number of nitrogens with zero attached hydrogens (tertiary/aromatic N) is 5. The van der Waals surface area contributed by atoms with Crippen LogP contribution in [0.4, 0.5) is 0 Å². The van der Waals surface area contributed by atoms with Crippen LogP contribution in [0.2, 0.25) is 0 Å². The standard InChI is InChI=1S/C34H38N6O4/c1-20-11-24(25-16-35-22(3)36-17-25)13-27-31(21(2)41)38-39(32(20)27)18-30(42)40-28(14-34(4)15-29(34)40)33(43)37-26(19-44-5)12-23-9-7-6-8-10-23/h6-11,13,16-17,26,28-29H,12,14-15,18-19H2,1-5H3,(H,37,43)/t26?,28-,29?,34-/m0/s1. The lowest BCUT2D eigenvalue weighted by Crippen LogP contribution is -2.52. The van der Waals surface area contributed by atoms with Crippen molar-refractivity contribution < 1.29 is 19.1 Å². The average molecular weight is 595 g/mol. The molecule has 1 aliphatic carbocycles. The quantitative estimate of drug-likeness (QED) is 0.275. The highest BCUT2D eigenvalue weighted by molar-refractivity contribution is 6.07. The van der Waals surface area contributed by atoms with Crippen LogP contribution in [0, 0.1) is 19.3 Å². The predicted octanol–water partition coefficient (Wildman–Crippen LogP) is 4.07. The fourth-order valence-corrected chi connectivity index (χ4v) is 6.73. The minimum Gasteiger partial charge on any atom is -0.383 e. The lowest BCUT2D eigenvalue weighted by Gasteiger charge is -2.29. The maximum absolute atomic E-state index is 14.0. The summed E-state index contributed by atoms with van der Waals surface area (Å²) in [5.74, 6) is 0.139. The van der Waals surface area contributed by atoms with E-state index < -0.39 is 6.04 Å². The molecule has 0 spiro atoms. The molecule has 0 radical (unpaired) electrons. The second-order valence-corrected chi connectivity index (χ2v) is 12.5. The molecule has 44 heavy (non-hydrogen) atoms. The highest BCUT2D eigenvalue weighted by Crippen LogP contribution is 2.59. The molecule has 1 saturated carbocycles. The lowest BCUT2D eigenvalue weighted by atomic mass is 10.0. The Balaban J connectivity index is 1.26. The number of amides is 2. The van der Waals surface area contributed by atoms with Crippen LogP contribution in [0.5, 0.6) is 0 Å². The third kappa shape index (κ3) is 5.61. The molecule has 2 fully saturated rings. The summed E-state index contributed by atoms with van der Waals surface area (Å²) in [4.78, 5) is 50.8. The molecule has 2 aliphatic rings. The highest BCUT2D eigenvalue weighted by Gasteiger charge is 2.64. The van der Waals surface area contributed by atoms with Crippen molar-refractivity contribution in [1.82, 2.24) is 30.0 Å². The number of rotatable bonds is 10. The number of methoxy groups -OCH3 is 1. The number of ether oxygens (including phenoxy) is 1. The molecule has 6 rings (SSSR count). The predicted molar refractivity (Wildman–Crippen MR) is 166 cm³/mol. The second kappa shape index (κ2) is 11.6. The van der Waals surface area contributed by atoms with Crippen molar-refractivity contribution in [3.05, 3.63) is 77.5 Å². The van der Waals surface area contributed by atoms with Gasteiger partial charge in [0, 0.05) is 43.4 Å². The van der Waals surface area contributed by atoms with Crippen molar-refractivity contribution in [2.24, 2.45) is 5.41 Å². The summed E-state index contributed by atoms with van der Waals surface area (Å²) in [5.41, 5.74) is 4.63. The molecule has 2 aromatic carbocycles. The number of ketones is 1. The highest BCUT2D eigenvalue weighted by atomic mass is 16.5. The van der Waals surface area contributed by atoms with Crippen LogP contribution in [0.25, 0.3) is 22.0 Å². The van der Waals surface area contributed by atoms with Crippen LogP contribution in [0.3, 0.4) is 0 Å². The van der Waals surface area contributed by atoms with E-state index in [4.69, 9.17) is 4.74 Å². The summed E-state index contributed by atoms with van der Waals surface area (Å²) in [6.45, 7) is 7.69. The van der Waals surface area contributed by atoms with Crippen molar-refractivity contribution in [3.63, 3.8) is 0 Å². The zero-order valence-electron chi connectivity index (χ0n) is 25.8. The Kier molecular flexibility index (Phi) is 7.79. The molecular weight excluding hydrogens is 556 g/mol. The Morgan fingerprint density at radius 2 is 1.80 bits per heavy atom. The number of benzene rings is 2. The Labute approximate surface area is 256 Å². The monoisotopic (exact) mass is 594 g/mol. The zero-order valence-corrected chi connectivity index (χ0v) is 25.8. The first-order valence-electron chi connectivity index (χ1n) is 15.0. The summed E-state index contributed by atoms with van der Waals surface area (Å²) in [5, 5.41) is 8.47. The van der Waals surface area contributed by atoms with E-state index in [0.717, 1.165) is 34.2 Å². The minimum atomic E-state index is -0.579. The fourth-order valence-electron chi connectivity index (χ4n) is 6.73. The van der Waals surface area contributed by atoms with Gasteiger partial charge in [-0.05, 0) is 67.3 Å². The molecule has 2 amide bonds. The SMILES string of the molecule is COCC(Cc1ccccc1)NC(=O)[C@@H]1C[C@@]2(C)CC2N1C(=O)Cn1nc(C(C)=O)c2cc(-c3cnc(C)nc3)cc(C)c21. The first kappa shape index (κ1) is 29.6. The van der Waals surface area contributed by atoms with E-state index in [1.165, 1.54) is 6.92 Å². The van der Waals surface area contributed by atoms with Gasteiger partial charge in [-0.3, -0.25) is 19.1 Å². The molecular formula is C34H38N6O4. The third-order valence-corrected chi connectivity index (χ3v) is 9.03. The van der Waals surface area contributed by atoms with Crippen molar-refractivity contribution in [2.75, 3.05) is 13.7 Å². The van der Waals surface area contributed by atoms with Crippen molar-refractivity contribution >= 4 is 28.5 Å². The Bertz CT molecular complexity index is 1730. The number of carbonyl (C=O) groups excluding carboxylic acids is 3. The van der Waals surface area contributed by atoms with Crippen LogP contribution in [0.1, 0.15) is 54.1 Å². The van der Waals surface area contributed by atoms with Gasteiger partial charge in [0.25, 0.3) is 0 Å². The molecule has 10 nitrogen and oxygen atoms in total. The molecule has 4 atom stereocenters. The summed E-state index contributed by atoms with van der Waals surface area (Å²) in [7, 11) is 1.62. The summed E-state index contributed by atoms with van der Waals surface area (Å²) >= 11 is 0. The van der Waals surface area contributed by atoms with E-state index in [2.05, 4.69) is 27.3 Å². The molecule has 3 heterocycles.